The van der Waals surface area contributed by atoms with Crippen molar-refractivity contribution < 1.29 is 0 Å². The molecule has 0 aliphatic rings. The average molecular weight is 194 g/mol. The number of hydrogen-bond donors (Lipinski definition) is 2. The molecule has 0 saturated carbocycles. The predicted molar refractivity (Wildman–Crippen MR) is 55.0 cm³/mol. The Balaban J connectivity index is 2.94. The first-order valence-electron chi connectivity index (χ1n) is 4.07. The number of rotatable bonds is 1. The number of hydrogen-bond acceptors (Lipinski definition) is 3. The number of anilines is 1. The third-order valence-electron chi connectivity index (χ3n) is 2.04. The van der Waals surface area contributed by atoms with E-state index in [-0.39, 0.29) is 0 Å². The Morgan fingerprint density at radius 3 is 3.15 bits per heavy atom. The van der Waals surface area contributed by atoms with Crippen molar-refractivity contribution in [1.29, 1.82) is 0 Å². The van der Waals surface area contributed by atoms with Gasteiger partial charge in [0.1, 0.15) is 11.3 Å². The van der Waals surface area contributed by atoms with Crippen LogP contribution in [0.1, 0.15) is 6.92 Å². The number of aryl methyl sites for hydroxylation is 1. The molecule has 2 heterocycles. The Kier molecular flexibility index (Phi) is 1.81. The first-order valence-corrected chi connectivity index (χ1v) is 4.48. The summed E-state index contributed by atoms with van der Waals surface area (Å²) >= 11 is 5.14. The van der Waals surface area contributed by atoms with E-state index in [1.807, 2.05) is 17.6 Å². The van der Waals surface area contributed by atoms with Gasteiger partial charge in [0.05, 0.1) is 5.52 Å². The van der Waals surface area contributed by atoms with Crippen LogP contribution in [0.5, 0.6) is 0 Å². The number of imidazole rings is 1. The quantitative estimate of drug-likeness (QED) is 0.679. The van der Waals surface area contributed by atoms with Crippen LogP contribution in [-0.2, 0) is 6.54 Å². The maximum Gasteiger partial charge on any atom is 0.178 e. The van der Waals surface area contributed by atoms with Gasteiger partial charge >= 0.3 is 0 Å². The number of fused-ring (bicyclic) bond motifs is 1. The van der Waals surface area contributed by atoms with Gasteiger partial charge in [-0.15, -0.1) is 0 Å². The number of nitrogens with zero attached hydrogens (tertiary/aromatic N) is 2. The molecule has 0 aliphatic heterocycles. The highest BCUT2D eigenvalue weighted by Crippen LogP contribution is 2.17. The molecular weight excluding hydrogens is 184 g/mol. The van der Waals surface area contributed by atoms with Crippen LogP contribution in [0, 0.1) is 4.77 Å². The summed E-state index contributed by atoms with van der Waals surface area (Å²) in [4.78, 5) is 7.02. The fourth-order valence-electron chi connectivity index (χ4n) is 1.42. The summed E-state index contributed by atoms with van der Waals surface area (Å²) in [6, 6.07) is 1.90. The molecule has 5 heteroatoms. The molecule has 3 N–H and O–H groups in total. The van der Waals surface area contributed by atoms with Gasteiger partial charge in [-0.1, -0.05) is 0 Å². The molecule has 0 aliphatic carbocycles. The van der Waals surface area contributed by atoms with Gasteiger partial charge in [-0.2, -0.15) is 0 Å². The van der Waals surface area contributed by atoms with Crippen LogP contribution >= 0.6 is 12.2 Å². The first kappa shape index (κ1) is 8.25. The fourth-order valence-corrected chi connectivity index (χ4v) is 1.75. The highest BCUT2D eigenvalue weighted by atomic mass is 32.1. The molecule has 0 saturated heterocycles. The molecule has 2 aromatic rings. The third kappa shape index (κ3) is 1.12. The Morgan fingerprint density at radius 2 is 2.46 bits per heavy atom. The number of nitrogens with one attached hydrogen (secondary N) is 1. The monoisotopic (exact) mass is 194 g/mol. The van der Waals surface area contributed by atoms with E-state index >= 15 is 0 Å². The van der Waals surface area contributed by atoms with Crippen molar-refractivity contribution in [2.24, 2.45) is 0 Å². The number of nitrogens with two attached hydrogens (primary N) is 1. The van der Waals surface area contributed by atoms with Crippen molar-refractivity contribution in [1.82, 2.24) is 14.5 Å². The molecule has 0 radical (unpaired) electrons. The molecule has 4 nitrogen and oxygen atoms in total. The number of nitrogen functional groups attached to an aromatic ring is 1. The molecule has 0 aromatic carbocycles. The molecule has 13 heavy (non-hydrogen) atoms. The molecule has 68 valence electrons. The molecule has 2 rings (SSSR count). The van der Waals surface area contributed by atoms with Gasteiger partial charge in [0.2, 0.25) is 0 Å². The summed E-state index contributed by atoms with van der Waals surface area (Å²) in [6.07, 6.45) is 1.69. The Bertz CT molecular complexity index is 496. The summed E-state index contributed by atoms with van der Waals surface area (Å²) in [7, 11) is 0. The molecule has 0 fully saturated rings. The topological polar surface area (TPSA) is 59.6 Å². The van der Waals surface area contributed by atoms with E-state index in [9.17, 15) is 0 Å². The Labute approximate surface area is 80.4 Å². The van der Waals surface area contributed by atoms with Gasteiger partial charge in [0, 0.05) is 12.7 Å². The summed E-state index contributed by atoms with van der Waals surface area (Å²) in [5.41, 5.74) is 7.53. The lowest BCUT2D eigenvalue weighted by Crippen LogP contribution is -1.94. The van der Waals surface area contributed by atoms with Crippen LogP contribution in [0.3, 0.4) is 0 Å². The molecule has 0 bridgehead atoms. The van der Waals surface area contributed by atoms with E-state index in [1.54, 1.807) is 6.20 Å². The third-order valence-corrected chi connectivity index (χ3v) is 2.36. The lowest BCUT2D eigenvalue weighted by Gasteiger charge is -1.98. The second kappa shape index (κ2) is 2.85. The molecule has 0 unspecified atom stereocenters. The second-order valence-electron chi connectivity index (χ2n) is 2.76. The number of aromatic amines is 1. The minimum atomic E-state index is 0.496. The zero-order valence-corrected chi connectivity index (χ0v) is 8.06. The fraction of sp³-hybridized carbons (Fsp3) is 0.250. The molecule has 0 atom stereocenters. The second-order valence-corrected chi connectivity index (χ2v) is 3.15. The zero-order chi connectivity index (χ0) is 9.42. The van der Waals surface area contributed by atoms with Crippen LogP contribution in [0.15, 0.2) is 12.3 Å². The summed E-state index contributed by atoms with van der Waals surface area (Å²) < 4.78 is 2.68. The van der Waals surface area contributed by atoms with Crippen LogP contribution in [0.2, 0.25) is 0 Å². The smallest absolute Gasteiger partial charge is 0.178 e. The van der Waals surface area contributed by atoms with E-state index in [1.165, 1.54) is 0 Å². The van der Waals surface area contributed by atoms with E-state index < -0.39 is 0 Å². The number of aromatic nitrogens is 3. The van der Waals surface area contributed by atoms with Gasteiger partial charge in [0.25, 0.3) is 0 Å². The number of pyridine rings is 1. The Hall–Kier alpha value is -1.36. The predicted octanol–water partition coefficient (Wildman–Crippen LogP) is 1.70. The molecular formula is C8H10N4S. The first-order chi connectivity index (χ1) is 6.24. The van der Waals surface area contributed by atoms with Gasteiger partial charge in [-0.3, -0.25) is 0 Å². The van der Waals surface area contributed by atoms with Crippen molar-refractivity contribution in [2.45, 2.75) is 13.5 Å². The van der Waals surface area contributed by atoms with Crippen LogP contribution in [0.25, 0.3) is 11.0 Å². The van der Waals surface area contributed by atoms with Crippen molar-refractivity contribution in [3.05, 3.63) is 17.0 Å². The van der Waals surface area contributed by atoms with E-state index in [0.29, 0.717) is 10.6 Å². The zero-order valence-electron chi connectivity index (χ0n) is 7.24. The molecule has 0 spiro atoms. The minimum Gasteiger partial charge on any atom is -0.382 e. The maximum atomic E-state index is 5.69. The van der Waals surface area contributed by atoms with Gasteiger partial charge in [0.15, 0.2) is 4.77 Å². The van der Waals surface area contributed by atoms with Gasteiger partial charge in [-0.25, -0.2) is 4.98 Å². The SMILES string of the molecule is CCn1c(=S)[nH]c2c(N)nccc21. The standard InChI is InChI=1S/C8H10N4S/c1-2-12-5-3-4-10-7(9)6(5)11-8(12)13/h3-4H,2H2,1H3,(H2,9,10)(H,11,13). The maximum absolute atomic E-state index is 5.69. The van der Waals surface area contributed by atoms with Crippen LogP contribution < -0.4 is 5.73 Å². The summed E-state index contributed by atoms with van der Waals surface area (Å²) in [5, 5.41) is 0. The van der Waals surface area contributed by atoms with Crippen molar-refractivity contribution in [3.63, 3.8) is 0 Å². The lowest BCUT2D eigenvalue weighted by atomic mass is 10.4. The number of H-pyrrole nitrogens is 1. The van der Waals surface area contributed by atoms with Gasteiger partial charge < -0.3 is 15.3 Å². The van der Waals surface area contributed by atoms with E-state index in [2.05, 4.69) is 9.97 Å². The van der Waals surface area contributed by atoms with Crippen LogP contribution in [0.4, 0.5) is 5.82 Å². The average Bonchev–Trinajstić information content (AvgIpc) is 2.43. The normalized spacial score (nSPS) is 10.8. The van der Waals surface area contributed by atoms with Crippen molar-refractivity contribution in [3.8, 4) is 0 Å². The van der Waals surface area contributed by atoms with Crippen molar-refractivity contribution >= 4 is 29.1 Å². The largest absolute Gasteiger partial charge is 0.382 e. The molecule has 0 amide bonds. The van der Waals surface area contributed by atoms with Crippen LogP contribution in [-0.4, -0.2) is 14.5 Å². The molecule has 2 aromatic heterocycles. The van der Waals surface area contributed by atoms with E-state index in [4.69, 9.17) is 18.0 Å². The minimum absolute atomic E-state index is 0.496. The van der Waals surface area contributed by atoms with E-state index in [0.717, 1.165) is 17.6 Å². The highest BCUT2D eigenvalue weighted by molar-refractivity contribution is 7.71. The summed E-state index contributed by atoms with van der Waals surface area (Å²) in [5.74, 6) is 0.496. The lowest BCUT2D eigenvalue weighted by molar-refractivity contribution is 0.774. The van der Waals surface area contributed by atoms with Gasteiger partial charge in [-0.05, 0) is 25.2 Å². The van der Waals surface area contributed by atoms with Crippen molar-refractivity contribution in [2.75, 3.05) is 5.73 Å². The summed E-state index contributed by atoms with van der Waals surface area (Å²) in [6.45, 7) is 2.88. The highest BCUT2D eigenvalue weighted by Gasteiger charge is 2.04. The Morgan fingerprint density at radius 1 is 1.69 bits per heavy atom.